The fraction of sp³-hybridized carbons (Fsp3) is 0.583. The molecule has 0 aliphatic heterocycles. The van der Waals surface area contributed by atoms with Gasteiger partial charge in [0.25, 0.3) is 0 Å². The lowest BCUT2D eigenvalue weighted by molar-refractivity contribution is -0.156. The van der Waals surface area contributed by atoms with Crippen LogP contribution in [-0.4, -0.2) is 45.8 Å². The largest absolute Gasteiger partial charge is 0.481 e. The van der Waals surface area contributed by atoms with Crippen molar-refractivity contribution in [2.75, 3.05) is 0 Å². The van der Waals surface area contributed by atoms with E-state index < -0.39 is 60.2 Å². The topological polar surface area (TPSA) is 247 Å². The van der Waals surface area contributed by atoms with Gasteiger partial charge < -0.3 is 33.1 Å². The number of carbonyl (C=O) groups is 6. The van der Waals surface area contributed by atoms with E-state index in [4.69, 9.17) is 33.1 Å². The summed E-state index contributed by atoms with van der Waals surface area (Å²) in [4.78, 5) is 62.3. The molecule has 0 saturated heterocycles. The third-order valence-electron chi connectivity index (χ3n) is 2.80. The van der Waals surface area contributed by atoms with E-state index in [1.165, 1.54) is 0 Å². The summed E-state index contributed by atoms with van der Waals surface area (Å²) >= 11 is 0. The summed E-state index contributed by atoms with van der Waals surface area (Å²) in [7, 11) is 0. The van der Waals surface area contributed by atoms with Gasteiger partial charge in [-0.3, -0.25) is 28.8 Å². The lowest BCUT2D eigenvalue weighted by atomic mass is 9.86. The van der Waals surface area contributed by atoms with E-state index >= 15 is 0 Å². The molecule has 2 atom stereocenters. The maximum atomic E-state index is 10.7. The van der Waals surface area contributed by atoms with Gasteiger partial charge in [-0.1, -0.05) is 54.7 Å². The van der Waals surface area contributed by atoms with Crippen LogP contribution in [0.3, 0.4) is 0 Å². The van der Waals surface area contributed by atoms with Crippen LogP contribution in [0.5, 0.6) is 0 Å². The van der Waals surface area contributed by atoms with E-state index in [0.717, 1.165) is 11.8 Å². The van der Waals surface area contributed by atoms with Crippen LogP contribution in [0.4, 0.5) is 0 Å². The van der Waals surface area contributed by atoms with Crippen molar-refractivity contribution in [2.24, 2.45) is 46.6 Å². The maximum absolute atomic E-state index is 10.7. The van der Waals surface area contributed by atoms with E-state index in [-0.39, 0.29) is 0 Å². The van der Waals surface area contributed by atoms with E-state index in [0.29, 0.717) is 11.1 Å². The van der Waals surface area contributed by atoms with Crippen LogP contribution in [0, 0.1) is 23.7 Å². The molecule has 0 saturated carbocycles. The number of carboxylic acid groups (broad SMARTS) is 2. The van der Waals surface area contributed by atoms with Crippen molar-refractivity contribution in [3.8, 4) is 0 Å². The van der Waals surface area contributed by atoms with Crippen molar-refractivity contribution >= 4 is 35.6 Å². The number of nitrogens with two attached hydrogens (primary N) is 4. The Hall–Kier alpha value is -3.70. The Morgan fingerprint density at radius 1 is 0.583 bits per heavy atom. The molecule has 0 fully saturated rings. The Kier molecular flexibility index (Phi) is 28.8. The monoisotopic (exact) mass is 518 g/mol. The summed E-state index contributed by atoms with van der Waals surface area (Å²) in [5, 5.41) is 17.5. The Labute approximate surface area is 214 Å². The van der Waals surface area contributed by atoms with Gasteiger partial charge in [-0.15, -0.1) is 0 Å². The molecule has 0 heterocycles. The molecule has 0 aliphatic carbocycles. The number of carboxylic acids is 2. The minimum atomic E-state index is -1.55. The molecule has 12 nitrogen and oxygen atoms in total. The van der Waals surface area contributed by atoms with Gasteiger partial charge in [-0.2, -0.15) is 0 Å². The van der Waals surface area contributed by atoms with Crippen LogP contribution in [0.25, 0.3) is 0 Å². The zero-order chi connectivity index (χ0) is 30.3. The van der Waals surface area contributed by atoms with E-state index in [1.807, 2.05) is 0 Å². The van der Waals surface area contributed by atoms with Crippen LogP contribution in [0.15, 0.2) is 24.3 Å². The highest BCUT2D eigenvalue weighted by molar-refractivity contribution is 5.91. The summed E-state index contributed by atoms with van der Waals surface area (Å²) in [5.41, 5.74) is 19.8. The molecular formula is C24H46N4O8. The first-order valence-electron chi connectivity index (χ1n) is 10.9. The molecule has 0 radical (unpaired) electrons. The second-order valence-electron chi connectivity index (χ2n) is 8.98. The van der Waals surface area contributed by atoms with Gasteiger partial charge in [-0.05, 0) is 25.7 Å². The molecule has 0 bridgehead atoms. The molecule has 0 rings (SSSR count). The predicted octanol–water partition coefficient (Wildman–Crippen LogP) is 1.56. The van der Waals surface area contributed by atoms with Gasteiger partial charge >= 0.3 is 11.9 Å². The number of hydrogen-bond acceptors (Lipinski definition) is 6. The molecular weight excluding hydrogens is 472 g/mol. The fourth-order valence-corrected chi connectivity index (χ4v) is 1.24. The van der Waals surface area contributed by atoms with Gasteiger partial charge in [0.2, 0.25) is 23.6 Å². The minimum absolute atomic E-state index is 0.398. The van der Waals surface area contributed by atoms with Gasteiger partial charge in [0.05, 0.1) is 11.8 Å². The van der Waals surface area contributed by atoms with Crippen molar-refractivity contribution in [1.29, 1.82) is 0 Å². The number of hydrogen-bond donors (Lipinski definition) is 6. The first-order chi connectivity index (χ1) is 16.0. The van der Waals surface area contributed by atoms with Crippen molar-refractivity contribution < 1.29 is 39.0 Å². The average Bonchev–Trinajstić information content (AvgIpc) is 2.63. The summed E-state index contributed by atoms with van der Waals surface area (Å²) in [6.45, 7) is 22.7. The Balaban J connectivity index is -0.000000131. The van der Waals surface area contributed by atoms with Crippen molar-refractivity contribution in [3.05, 3.63) is 24.3 Å². The van der Waals surface area contributed by atoms with Crippen molar-refractivity contribution in [3.63, 3.8) is 0 Å². The maximum Gasteiger partial charge on any atom is 0.307 e. The smallest absolute Gasteiger partial charge is 0.307 e. The Morgan fingerprint density at radius 2 is 0.722 bits per heavy atom. The first kappa shape index (κ1) is 42.5. The van der Waals surface area contributed by atoms with Crippen LogP contribution in [0.2, 0.25) is 0 Å². The van der Waals surface area contributed by atoms with Gasteiger partial charge in [0.15, 0.2) is 0 Å². The molecule has 12 heteroatoms. The summed E-state index contributed by atoms with van der Waals surface area (Å²) < 4.78 is 0. The SMILES string of the molecule is C=C(C)C(N)=O.C=C(C)C(N)=O.CC(C)C.CC(C)C.NC(=O)CC(C(=O)O)C(CC(N)=O)C(=O)O. The fourth-order valence-electron chi connectivity index (χ4n) is 1.24. The Bertz CT molecular complexity index is 655. The molecule has 10 N–H and O–H groups in total. The Morgan fingerprint density at radius 3 is 0.778 bits per heavy atom. The highest BCUT2D eigenvalue weighted by Gasteiger charge is 2.35. The normalized spacial score (nSPS) is 10.6. The first-order valence-corrected chi connectivity index (χ1v) is 10.9. The minimum Gasteiger partial charge on any atom is -0.481 e. The van der Waals surface area contributed by atoms with Crippen LogP contribution in [0.1, 0.15) is 68.2 Å². The highest BCUT2D eigenvalue weighted by Crippen LogP contribution is 2.20. The number of carbonyl (C=O) groups excluding carboxylic acids is 4. The van der Waals surface area contributed by atoms with E-state index in [2.05, 4.69) is 54.7 Å². The molecule has 210 valence electrons. The standard InChI is InChI=1S/C8H12N2O6.2C4H7NO.2C4H10/c9-5(11)1-3(7(13)14)4(8(15)16)2-6(10)12;2*1-3(2)4(5)6;2*1-4(2)3/h3-4H,1-2H2,(H2,9,11)(H2,10,12)(H,13,14)(H,15,16);2*1H2,2H3,(H2,5,6);2*4H,1-3H3. The molecule has 0 aromatic carbocycles. The van der Waals surface area contributed by atoms with Crippen molar-refractivity contribution in [2.45, 2.75) is 68.2 Å². The quantitative estimate of drug-likeness (QED) is 0.244. The average molecular weight is 519 g/mol. The summed E-state index contributed by atoms with van der Waals surface area (Å²) in [6, 6.07) is 0. The number of rotatable bonds is 9. The van der Waals surface area contributed by atoms with E-state index in [1.54, 1.807) is 13.8 Å². The van der Waals surface area contributed by atoms with Crippen LogP contribution < -0.4 is 22.9 Å². The van der Waals surface area contributed by atoms with Gasteiger partial charge in [-0.25, -0.2) is 0 Å². The second kappa shape index (κ2) is 24.4. The molecule has 0 aromatic heterocycles. The molecule has 0 spiro atoms. The third-order valence-corrected chi connectivity index (χ3v) is 2.80. The zero-order valence-electron chi connectivity index (χ0n) is 22.8. The highest BCUT2D eigenvalue weighted by atomic mass is 16.4. The number of aliphatic carboxylic acids is 2. The molecule has 0 aliphatic rings. The molecule has 0 aromatic rings. The molecule has 4 amide bonds. The number of amides is 4. The van der Waals surface area contributed by atoms with Gasteiger partial charge in [0, 0.05) is 24.0 Å². The summed E-state index contributed by atoms with van der Waals surface area (Å²) in [6.07, 6.45) is -1.31. The van der Waals surface area contributed by atoms with E-state index in [9.17, 15) is 28.8 Å². The predicted molar refractivity (Wildman–Crippen MR) is 139 cm³/mol. The molecule has 36 heavy (non-hydrogen) atoms. The summed E-state index contributed by atoms with van der Waals surface area (Å²) in [5.74, 6) is -7.24. The third kappa shape index (κ3) is 44.1. The van der Waals surface area contributed by atoms with Crippen LogP contribution >= 0.6 is 0 Å². The van der Waals surface area contributed by atoms with Crippen molar-refractivity contribution in [1.82, 2.24) is 0 Å². The van der Waals surface area contributed by atoms with Crippen LogP contribution in [-0.2, 0) is 28.8 Å². The molecule has 2 unspecified atom stereocenters. The number of primary amides is 4. The zero-order valence-corrected chi connectivity index (χ0v) is 22.8. The lowest BCUT2D eigenvalue weighted by Gasteiger charge is -2.17. The lowest BCUT2D eigenvalue weighted by Crippen LogP contribution is -2.36. The second-order valence-corrected chi connectivity index (χ2v) is 8.98. The van der Waals surface area contributed by atoms with Gasteiger partial charge in [0.1, 0.15) is 0 Å².